The van der Waals surface area contributed by atoms with Gasteiger partial charge in [0.25, 0.3) is 0 Å². The molecule has 0 unspecified atom stereocenters. The zero-order valence-electron chi connectivity index (χ0n) is 21.4. The maximum absolute atomic E-state index is 5.79. The van der Waals surface area contributed by atoms with Gasteiger partial charge in [0, 0.05) is 49.8 Å². The van der Waals surface area contributed by atoms with E-state index in [1.54, 1.807) is 0 Å². The third-order valence-corrected chi connectivity index (χ3v) is 8.06. The molecule has 5 heterocycles. The molecule has 0 N–H and O–H groups in total. The molecule has 1 saturated heterocycles. The second-order valence-corrected chi connectivity index (χ2v) is 10.2. The Morgan fingerprint density at radius 3 is 2.46 bits per heavy atom. The van der Waals surface area contributed by atoms with E-state index in [0.717, 1.165) is 64.9 Å². The van der Waals surface area contributed by atoms with E-state index in [1.807, 2.05) is 37.5 Å². The number of hydrogen-bond acceptors (Lipinski definition) is 4. The Labute approximate surface area is 215 Å². The minimum absolute atomic E-state index is 0.170. The molecule has 0 saturated carbocycles. The summed E-state index contributed by atoms with van der Waals surface area (Å²) in [5.41, 5.74) is 8.97. The van der Waals surface area contributed by atoms with Gasteiger partial charge in [-0.3, -0.25) is 9.67 Å². The summed E-state index contributed by atoms with van der Waals surface area (Å²) in [7, 11) is 4.04. The van der Waals surface area contributed by atoms with Crippen molar-refractivity contribution in [2.75, 3.05) is 13.2 Å². The van der Waals surface area contributed by atoms with Crippen LogP contribution >= 0.6 is 0 Å². The van der Waals surface area contributed by atoms with Crippen molar-refractivity contribution in [3.63, 3.8) is 0 Å². The number of nitrogens with zero attached hydrogens (tertiary/aromatic N) is 6. The van der Waals surface area contributed by atoms with Gasteiger partial charge in [0.15, 0.2) is 0 Å². The van der Waals surface area contributed by atoms with E-state index in [9.17, 15) is 0 Å². The molecule has 1 aliphatic rings. The Morgan fingerprint density at radius 2 is 1.70 bits per heavy atom. The summed E-state index contributed by atoms with van der Waals surface area (Å²) in [5.74, 6) is 0.460. The van der Waals surface area contributed by atoms with Gasteiger partial charge in [0.2, 0.25) is 0 Å². The highest BCUT2D eigenvalue weighted by molar-refractivity contribution is 6.19. The van der Waals surface area contributed by atoms with Crippen LogP contribution in [0, 0.1) is 12.8 Å². The molecule has 0 aliphatic carbocycles. The van der Waals surface area contributed by atoms with Crippen molar-refractivity contribution in [2.24, 2.45) is 20.0 Å². The molecule has 0 radical (unpaired) electrons. The number of fused-ring (bicyclic) bond motifs is 5. The summed E-state index contributed by atoms with van der Waals surface area (Å²) in [6, 6.07) is 17.9. The van der Waals surface area contributed by atoms with Crippen molar-refractivity contribution in [1.29, 1.82) is 0 Å². The number of aryl methyl sites for hydroxylation is 3. The first kappa shape index (κ1) is 22.2. The highest BCUT2D eigenvalue weighted by atomic mass is 16.5. The second kappa shape index (κ2) is 8.56. The van der Waals surface area contributed by atoms with E-state index in [1.165, 1.54) is 16.5 Å². The average molecular weight is 491 g/mol. The lowest BCUT2D eigenvalue weighted by Crippen LogP contribution is -2.26. The van der Waals surface area contributed by atoms with Crippen LogP contribution in [0.2, 0.25) is 0 Å². The zero-order valence-corrected chi connectivity index (χ0v) is 21.4. The summed E-state index contributed by atoms with van der Waals surface area (Å²) < 4.78 is 12.4. The summed E-state index contributed by atoms with van der Waals surface area (Å²) in [6.45, 7) is 3.66. The van der Waals surface area contributed by atoms with Crippen LogP contribution in [0.5, 0.6) is 0 Å². The van der Waals surface area contributed by atoms with Crippen LogP contribution in [0.25, 0.3) is 44.1 Å². The standard InChI is InChI=1S/C30H30N6O/c1-19-29(34(2)18-32-19)22-15-26-28(31-16-22)27-23-17-33-35(3)24(23)9-10-25(27)36(26)30(20-7-5-4-6-8-20)21-11-13-37-14-12-21/h4-10,15-18,21,30H,11-14H2,1-3H3/t30-/m1/s1. The molecular weight excluding hydrogens is 460 g/mol. The lowest BCUT2D eigenvalue weighted by Gasteiger charge is -2.33. The van der Waals surface area contributed by atoms with Crippen LogP contribution in [-0.4, -0.2) is 42.1 Å². The first-order chi connectivity index (χ1) is 18.1. The molecule has 6 aromatic rings. The lowest BCUT2D eigenvalue weighted by atomic mass is 9.86. The van der Waals surface area contributed by atoms with Crippen LogP contribution in [0.4, 0.5) is 0 Å². The predicted molar refractivity (Wildman–Crippen MR) is 147 cm³/mol. The molecular formula is C30H30N6O. The molecule has 0 amide bonds. The van der Waals surface area contributed by atoms with Gasteiger partial charge in [-0.25, -0.2) is 4.98 Å². The van der Waals surface area contributed by atoms with E-state index in [2.05, 4.69) is 74.7 Å². The number of hydrogen-bond donors (Lipinski definition) is 0. The molecule has 1 aliphatic heterocycles. The molecule has 7 nitrogen and oxygen atoms in total. The fourth-order valence-corrected chi connectivity index (χ4v) is 6.33. The Balaban J connectivity index is 1.59. The molecule has 7 heteroatoms. The molecule has 7 rings (SSSR count). The fraction of sp³-hybridized carbons (Fsp3) is 0.300. The van der Waals surface area contributed by atoms with Crippen LogP contribution in [0.1, 0.15) is 30.1 Å². The Kier molecular flexibility index (Phi) is 5.15. The summed E-state index contributed by atoms with van der Waals surface area (Å²) >= 11 is 0. The maximum atomic E-state index is 5.79. The normalized spacial score (nSPS) is 15.8. The molecule has 2 aromatic carbocycles. The molecule has 1 fully saturated rings. The SMILES string of the molecule is Cc1ncn(C)c1-c1cnc2c3c4cnn(C)c4ccc3n([C@H](c3ccccc3)C3CCOCC3)c2c1. The van der Waals surface area contributed by atoms with Crippen LogP contribution in [0.15, 0.2) is 67.3 Å². The van der Waals surface area contributed by atoms with Crippen LogP contribution in [-0.2, 0) is 18.8 Å². The highest BCUT2D eigenvalue weighted by Crippen LogP contribution is 2.43. The quantitative estimate of drug-likeness (QED) is 0.313. The predicted octanol–water partition coefficient (Wildman–Crippen LogP) is 5.80. The number of ether oxygens (including phenoxy) is 1. The number of pyridine rings is 1. The van der Waals surface area contributed by atoms with E-state index < -0.39 is 0 Å². The highest BCUT2D eigenvalue weighted by Gasteiger charge is 2.31. The third kappa shape index (κ3) is 3.41. The number of imidazole rings is 1. The van der Waals surface area contributed by atoms with E-state index in [-0.39, 0.29) is 6.04 Å². The van der Waals surface area contributed by atoms with Gasteiger partial charge in [-0.2, -0.15) is 5.10 Å². The Bertz CT molecular complexity index is 1730. The smallest absolute Gasteiger partial charge is 0.0967 e. The molecule has 4 aromatic heterocycles. The third-order valence-electron chi connectivity index (χ3n) is 8.06. The fourth-order valence-electron chi connectivity index (χ4n) is 6.33. The topological polar surface area (TPSA) is 62.7 Å². The molecule has 37 heavy (non-hydrogen) atoms. The van der Waals surface area contributed by atoms with Crippen molar-refractivity contribution in [3.05, 3.63) is 78.5 Å². The lowest BCUT2D eigenvalue weighted by molar-refractivity contribution is 0.0553. The number of rotatable bonds is 4. The number of aromatic nitrogens is 6. The Morgan fingerprint density at radius 1 is 0.919 bits per heavy atom. The largest absolute Gasteiger partial charge is 0.381 e. The minimum atomic E-state index is 0.170. The van der Waals surface area contributed by atoms with Crippen molar-refractivity contribution in [3.8, 4) is 11.3 Å². The molecule has 0 spiro atoms. The van der Waals surface area contributed by atoms with Gasteiger partial charge in [-0.05, 0) is 49.4 Å². The van der Waals surface area contributed by atoms with Gasteiger partial charge in [0.05, 0.1) is 52.0 Å². The van der Waals surface area contributed by atoms with Gasteiger partial charge in [-0.15, -0.1) is 0 Å². The molecule has 186 valence electrons. The van der Waals surface area contributed by atoms with E-state index in [4.69, 9.17) is 9.72 Å². The second-order valence-electron chi connectivity index (χ2n) is 10.2. The van der Waals surface area contributed by atoms with Crippen molar-refractivity contribution in [1.82, 2.24) is 28.9 Å². The monoisotopic (exact) mass is 490 g/mol. The first-order valence-corrected chi connectivity index (χ1v) is 13.0. The molecule has 0 bridgehead atoms. The number of benzene rings is 2. The van der Waals surface area contributed by atoms with Crippen molar-refractivity contribution >= 4 is 32.8 Å². The van der Waals surface area contributed by atoms with Gasteiger partial charge in [0.1, 0.15) is 0 Å². The Hall–Kier alpha value is -3.97. The molecule has 1 atom stereocenters. The first-order valence-electron chi connectivity index (χ1n) is 13.0. The van der Waals surface area contributed by atoms with Crippen molar-refractivity contribution in [2.45, 2.75) is 25.8 Å². The van der Waals surface area contributed by atoms with Gasteiger partial charge >= 0.3 is 0 Å². The van der Waals surface area contributed by atoms with E-state index >= 15 is 0 Å². The van der Waals surface area contributed by atoms with Crippen LogP contribution < -0.4 is 0 Å². The van der Waals surface area contributed by atoms with Crippen LogP contribution in [0.3, 0.4) is 0 Å². The summed E-state index contributed by atoms with van der Waals surface area (Å²) in [4.78, 5) is 9.67. The van der Waals surface area contributed by atoms with Crippen molar-refractivity contribution < 1.29 is 4.74 Å². The average Bonchev–Trinajstić information content (AvgIpc) is 3.58. The summed E-state index contributed by atoms with van der Waals surface area (Å²) in [5, 5.41) is 6.89. The maximum Gasteiger partial charge on any atom is 0.0967 e. The van der Waals surface area contributed by atoms with Gasteiger partial charge < -0.3 is 13.9 Å². The zero-order chi connectivity index (χ0) is 25.1. The van der Waals surface area contributed by atoms with E-state index in [0.29, 0.717) is 5.92 Å². The van der Waals surface area contributed by atoms with Gasteiger partial charge in [-0.1, -0.05) is 30.3 Å². The summed E-state index contributed by atoms with van der Waals surface area (Å²) in [6.07, 6.45) is 7.91. The minimum Gasteiger partial charge on any atom is -0.381 e.